The standard InChI is InChI=1S/C15H19N3O2/c1-2-7-17(11-8-16-9-11)10-18-14(19)12-5-3-4-6-13(12)15(18)20/h3-6,11,16H,2,7-10H2,1H3. The topological polar surface area (TPSA) is 52.7 Å². The van der Waals surface area contributed by atoms with E-state index in [0.717, 1.165) is 26.1 Å². The van der Waals surface area contributed by atoms with Crippen LogP contribution in [0.25, 0.3) is 0 Å². The highest BCUT2D eigenvalue weighted by Gasteiger charge is 2.37. The molecule has 0 radical (unpaired) electrons. The minimum atomic E-state index is -0.168. The number of hydrogen-bond acceptors (Lipinski definition) is 4. The van der Waals surface area contributed by atoms with Gasteiger partial charge in [0.05, 0.1) is 17.8 Å². The number of nitrogens with one attached hydrogen (secondary N) is 1. The molecule has 2 amide bonds. The van der Waals surface area contributed by atoms with Gasteiger partial charge in [0.2, 0.25) is 0 Å². The van der Waals surface area contributed by atoms with Gasteiger partial charge in [0, 0.05) is 19.1 Å². The lowest BCUT2D eigenvalue weighted by molar-refractivity contribution is 0.0426. The second kappa shape index (κ2) is 5.34. The zero-order chi connectivity index (χ0) is 14.1. The lowest BCUT2D eigenvalue weighted by Gasteiger charge is -2.39. The van der Waals surface area contributed by atoms with Gasteiger partial charge in [-0.1, -0.05) is 19.1 Å². The van der Waals surface area contributed by atoms with Crippen LogP contribution in [-0.2, 0) is 0 Å². The van der Waals surface area contributed by atoms with Crippen molar-refractivity contribution in [2.75, 3.05) is 26.3 Å². The van der Waals surface area contributed by atoms with Crippen LogP contribution >= 0.6 is 0 Å². The number of carbonyl (C=O) groups is 2. The van der Waals surface area contributed by atoms with Crippen LogP contribution in [0, 0.1) is 0 Å². The van der Waals surface area contributed by atoms with Crippen molar-refractivity contribution < 1.29 is 9.59 Å². The molecule has 20 heavy (non-hydrogen) atoms. The molecule has 5 nitrogen and oxygen atoms in total. The fourth-order valence-corrected chi connectivity index (χ4v) is 2.74. The van der Waals surface area contributed by atoms with Crippen LogP contribution < -0.4 is 5.32 Å². The number of carbonyl (C=O) groups excluding carboxylic acids is 2. The first-order valence-corrected chi connectivity index (χ1v) is 7.12. The van der Waals surface area contributed by atoms with E-state index in [9.17, 15) is 9.59 Å². The number of fused-ring (bicyclic) bond motifs is 1. The van der Waals surface area contributed by atoms with Gasteiger partial charge in [-0.05, 0) is 25.1 Å². The van der Waals surface area contributed by atoms with Crippen molar-refractivity contribution in [3.05, 3.63) is 35.4 Å². The smallest absolute Gasteiger partial charge is 0.262 e. The summed E-state index contributed by atoms with van der Waals surface area (Å²) in [4.78, 5) is 28.3. The predicted molar refractivity (Wildman–Crippen MR) is 75.5 cm³/mol. The van der Waals surface area contributed by atoms with Crippen LogP contribution in [0.1, 0.15) is 34.1 Å². The van der Waals surface area contributed by atoms with Gasteiger partial charge in [-0.25, -0.2) is 0 Å². The number of benzene rings is 1. The molecule has 2 aliphatic rings. The summed E-state index contributed by atoms with van der Waals surface area (Å²) in [6.45, 7) is 5.28. The molecule has 0 saturated carbocycles. The first-order chi connectivity index (χ1) is 9.72. The Labute approximate surface area is 118 Å². The molecule has 1 aromatic rings. The van der Waals surface area contributed by atoms with Crippen LogP contribution in [0.5, 0.6) is 0 Å². The largest absolute Gasteiger partial charge is 0.314 e. The third-order valence-electron chi connectivity index (χ3n) is 3.99. The van der Waals surface area contributed by atoms with Gasteiger partial charge in [0.15, 0.2) is 0 Å². The summed E-state index contributed by atoms with van der Waals surface area (Å²) in [7, 11) is 0. The van der Waals surface area contributed by atoms with E-state index in [2.05, 4.69) is 17.1 Å². The van der Waals surface area contributed by atoms with E-state index >= 15 is 0 Å². The maximum absolute atomic E-state index is 12.3. The Kier molecular flexibility index (Phi) is 3.54. The van der Waals surface area contributed by atoms with Crippen molar-refractivity contribution >= 4 is 11.8 Å². The molecule has 1 N–H and O–H groups in total. The minimum absolute atomic E-state index is 0.168. The lowest BCUT2D eigenvalue weighted by atomic mass is 10.1. The molecule has 0 aliphatic carbocycles. The van der Waals surface area contributed by atoms with E-state index in [0.29, 0.717) is 23.8 Å². The van der Waals surface area contributed by atoms with E-state index in [-0.39, 0.29) is 11.8 Å². The summed E-state index contributed by atoms with van der Waals surface area (Å²) in [5.74, 6) is -0.335. The van der Waals surface area contributed by atoms with Gasteiger partial charge in [-0.15, -0.1) is 0 Å². The highest BCUT2D eigenvalue weighted by molar-refractivity contribution is 6.21. The zero-order valence-electron chi connectivity index (χ0n) is 11.6. The summed E-state index contributed by atoms with van der Waals surface area (Å²) in [5.41, 5.74) is 1.06. The molecule has 1 saturated heterocycles. The normalized spacial score (nSPS) is 18.6. The maximum atomic E-state index is 12.3. The molecule has 0 atom stereocenters. The van der Waals surface area contributed by atoms with Crippen molar-refractivity contribution in [3.8, 4) is 0 Å². The third kappa shape index (κ3) is 2.13. The summed E-state index contributed by atoms with van der Waals surface area (Å²) in [5, 5.41) is 3.23. The molecule has 0 unspecified atom stereocenters. The number of hydrogen-bond donors (Lipinski definition) is 1. The minimum Gasteiger partial charge on any atom is -0.314 e. The number of imide groups is 1. The van der Waals surface area contributed by atoms with Crippen molar-refractivity contribution in [2.45, 2.75) is 19.4 Å². The first-order valence-electron chi connectivity index (χ1n) is 7.12. The van der Waals surface area contributed by atoms with Crippen LogP contribution in [0.4, 0.5) is 0 Å². The van der Waals surface area contributed by atoms with E-state index in [1.165, 1.54) is 4.90 Å². The van der Waals surface area contributed by atoms with Crippen LogP contribution in [0.2, 0.25) is 0 Å². The van der Waals surface area contributed by atoms with Gasteiger partial charge >= 0.3 is 0 Å². The van der Waals surface area contributed by atoms with Gasteiger partial charge in [-0.3, -0.25) is 19.4 Å². The Hall–Kier alpha value is -1.72. The van der Waals surface area contributed by atoms with Gasteiger partial charge in [0.25, 0.3) is 11.8 Å². The van der Waals surface area contributed by atoms with E-state index in [1.807, 2.05) is 0 Å². The molecule has 5 heteroatoms. The summed E-state index contributed by atoms with van der Waals surface area (Å²) < 4.78 is 0. The molecule has 2 heterocycles. The Balaban J connectivity index is 1.78. The average molecular weight is 273 g/mol. The quantitative estimate of drug-likeness (QED) is 0.811. The summed E-state index contributed by atoms with van der Waals surface area (Å²) in [6, 6.07) is 7.48. The van der Waals surface area contributed by atoms with Crippen LogP contribution in [0.15, 0.2) is 24.3 Å². The Bertz CT molecular complexity index is 505. The molecule has 0 aromatic heterocycles. The van der Waals surface area contributed by atoms with E-state index < -0.39 is 0 Å². The predicted octanol–water partition coefficient (Wildman–Crippen LogP) is 0.924. The van der Waals surface area contributed by atoms with Gasteiger partial charge in [0.1, 0.15) is 0 Å². The van der Waals surface area contributed by atoms with E-state index in [1.54, 1.807) is 24.3 Å². The van der Waals surface area contributed by atoms with E-state index in [4.69, 9.17) is 0 Å². The molecule has 3 rings (SSSR count). The van der Waals surface area contributed by atoms with Crippen molar-refractivity contribution in [2.24, 2.45) is 0 Å². The molecule has 106 valence electrons. The molecule has 2 aliphatic heterocycles. The highest BCUT2D eigenvalue weighted by Crippen LogP contribution is 2.23. The van der Waals surface area contributed by atoms with Crippen LogP contribution in [-0.4, -0.2) is 54.0 Å². The monoisotopic (exact) mass is 273 g/mol. The fourth-order valence-electron chi connectivity index (χ4n) is 2.74. The molecular weight excluding hydrogens is 254 g/mol. The average Bonchev–Trinajstić information content (AvgIpc) is 2.63. The molecule has 0 bridgehead atoms. The number of amides is 2. The SMILES string of the molecule is CCCN(CN1C(=O)c2ccccc2C1=O)C1CNC1. The molecular formula is C15H19N3O2. The lowest BCUT2D eigenvalue weighted by Crippen LogP contribution is -2.59. The fraction of sp³-hybridized carbons (Fsp3) is 0.467. The second-order valence-corrected chi connectivity index (χ2v) is 5.35. The Morgan fingerprint density at radius 3 is 2.25 bits per heavy atom. The number of nitrogens with zero attached hydrogens (tertiary/aromatic N) is 2. The van der Waals surface area contributed by atoms with Crippen LogP contribution in [0.3, 0.4) is 0 Å². The molecule has 1 aromatic carbocycles. The first kappa shape index (κ1) is 13.3. The Morgan fingerprint density at radius 2 is 1.80 bits per heavy atom. The molecule has 1 fully saturated rings. The maximum Gasteiger partial charge on any atom is 0.262 e. The van der Waals surface area contributed by atoms with Crippen molar-refractivity contribution in [1.29, 1.82) is 0 Å². The highest BCUT2D eigenvalue weighted by atomic mass is 16.2. The van der Waals surface area contributed by atoms with Gasteiger partial charge < -0.3 is 5.32 Å². The van der Waals surface area contributed by atoms with Crippen molar-refractivity contribution in [1.82, 2.24) is 15.1 Å². The van der Waals surface area contributed by atoms with Crippen molar-refractivity contribution in [3.63, 3.8) is 0 Å². The zero-order valence-corrected chi connectivity index (χ0v) is 11.6. The van der Waals surface area contributed by atoms with Gasteiger partial charge in [-0.2, -0.15) is 0 Å². The summed E-state index contributed by atoms with van der Waals surface area (Å²) in [6.07, 6.45) is 1.01. The third-order valence-corrected chi connectivity index (χ3v) is 3.99. The molecule has 0 spiro atoms. The second-order valence-electron chi connectivity index (χ2n) is 5.35. The Morgan fingerprint density at radius 1 is 1.20 bits per heavy atom. The summed E-state index contributed by atoms with van der Waals surface area (Å²) >= 11 is 0. The number of rotatable bonds is 5.